The van der Waals surface area contributed by atoms with E-state index in [2.05, 4.69) is 19.2 Å². The number of rotatable bonds is 9. The van der Waals surface area contributed by atoms with E-state index in [0.29, 0.717) is 32.2 Å². The topological polar surface area (TPSA) is 54.7 Å². The average molecular weight is 399 g/mol. The van der Waals surface area contributed by atoms with E-state index < -0.39 is 0 Å². The van der Waals surface area contributed by atoms with Gasteiger partial charge in [-0.3, -0.25) is 0 Å². The molecule has 148 valence electrons. The number of carbonyl (C=O) groups excluding carboxylic acids is 1. The molecule has 0 aliphatic rings. The minimum absolute atomic E-state index is 0.127. The van der Waals surface area contributed by atoms with Crippen LogP contribution in [0.25, 0.3) is 0 Å². The number of ether oxygens (including phenoxy) is 1. The number of urea groups is 1. The number of nitrogens with one attached hydrogen (secondary N) is 1. The van der Waals surface area contributed by atoms with Crippen molar-refractivity contribution in [1.82, 2.24) is 10.2 Å². The van der Waals surface area contributed by atoms with E-state index in [-0.39, 0.29) is 6.03 Å². The van der Waals surface area contributed by atoms with Gasteiger partial charge in [-0.25, -0.2) is 4.79 Å². The number of amides is 2. The Balaban J connectivity index is 1.60. The van der Waals surface area contributed by atoms with Crippen LogP contribution in [0.2, 0.25) is 0 Å². The van der Waals surface area contributed by atoms with Gasteiger partial charge in [-0.15, -0.1) is 11.3 Å². The van der Waals surface area contributed by atoms with Crippen LogP contribution in [0.4, 0.5) is 4.79 Å². The highest BCUT2D eigenvalue weighted by Crippen LogP contribution is 2.17. The summed E-state index contributed by atoms with van der Waals surface area (Å²) in [5, 5.41) is 5.03. The zero-order valence-electron chi connectivity index (χ0n) is 16.3. The third-order valence-corrected chi connectivity index (χ3v) is 4.93. The van der Waals surface area contributed by atoms with Gasteiger partial charge in [0.2, 0.25) is 0 Å². The minimum Gasteiger partial charge on any atom is -0.493 e. The van der Waals surface area contributed by atoms with Crippen molar-refractivity contribution in [1.29, 1.82) is 0 Å². The number of thiophene rings is 1. The van der Waals surface area contributed by atoms with Gasteiger partial charge in [-0.05, 0) is 47.2 Å². The minimum atomic E-state index is -0.127. The van der Waals surface area contributed by atoms with Crippen LogP contribution in [-0.2, 0) is 19.6 Å². The van der Waals surface area contributed by atoms with Crippen molar-refractivity contribution in [3.8, 4) is 5.75 Å². The number of nitrogens with zero attached hydrogens (tertiary/aromatic N) is 1. The molecule has 0 fully saturated rings. The first-order valence-electron chi connectivity index (χ1n) is 9.39. The molecule has 3 aromatic rings. The Bertz CT molecular complexity index is 808. The van der Waals surface area contributed by atoms with Gasteiger partial charge in [0, 0.05) is 11.4 Å². The fourth-order valence-corrected chi connectivity index (χ4v) is 3.40. The molecule has 0 aliphatic carbocycles. The Morgan fingerprint density at radius 1 is 1.18 bits per heavy atom. The highest BCUT2D eigenvalue weighted by molar-refractivity contribution is 7.09. The molecular formula is C22H26N2O3S. The van der Waals surface area contributed by atoms with Crippen molar-refractivity contribution in [2.75, 3.05) is 6.61 Å². The third-order valence-electron chi connectivity index (χ3n) is 4.07. The van der Waals surface area contributed by atoms with E-state index >= 15 is 0 Å². The maximum Gasteiger partial charge on any atom is 0.318 e. The molecule has 2 aromatic heterocycles. The molecule has 6 heteroatoms. The lowest BCUT2D eigenvalue weighted by atomic mass is 10.2. The predicted octanol–water partition coefficient (Wildman–Crippen LogP) is 5.29. The zero-order valence-corrected chi connectivity index (χ0v) is 17.1. The molecule has 3 rings (SSSR count). The first-order chi connectivity index (χ1) is 13.6. The van der Waals surface area contributed by atoms with Crippen LogP contribution in [0.5, 0.6) is 5.75 Å². The van der Waals surface area contributed by atoms with Crippen molar-refractivity contribution >= 4 is 17.4 Å². The molecule has 1 N–H and O–H groups in total. The van der Waals surface area contributed by atoms with Crippen LogP contribution < -0.4 is 10.1 Å². The van der Waals surface area contributed by atoms with E-state index in [1.54, 1.807) is 22.5 Å². The molecule has 0 aliphatic heterocycles. The van der Waals surface area contributed by atoms with Crippen LogP contribution >= 0.6 is 11.3 Å². The number of carbonyl (C=O) groups is 1. The van der Waals surface area contributed by atoms with E-state index in [1.807, 2.05) is 53.9 Å². The Labute approximate surface area is 169 Å². The summed E-state index contributed by atoms with van der Waals surface area (Å²) in [7, 11) is 0. The normalized spacial score (nSPS) is 10.8. The van der Waals surface area contributed by atoms with Crippen LogP contribution in [0.1, 0.15) is 30.0 Å². The lowest BCUT2D eigenvalue weighted by molar-refractivity contribution is 0.187. The fourth-order valence-electron chi connectivity index (χ4n) is 2.68. The van der Waals surface area contributed by atoms with Crippen molar-refractivity contribution in [3.63, 3.8) is 0 Å². The summed E-state index contributed by atoms with van der Waals surface area (Å²) >= 11 is 1.64. The molecule has 2 amide bonds. The second-order valence-electron chi connectivity index (χ2n) is 7.03. The summed E-state index contributed by atoms with van der Waals surface area (Å²) in [4.78, 5) is 15.7. The molecule has 0 unspecified atom stereocenters. The summed E-state index contributed by atoms with van der Waals surface area (Å²) in [6.45, 7) is 6.32. The summed E-state index contributed by atoms with van der Waals surface area (Å²) < 4.78 is 11.2. The Kier molecular flexibility index (Phi) is 7.14. The zero-order chi connectivity index (χ0) is 19.8. The van der Waals surface area contributed by atoms with Gasteiger partial charge < -0.3 is 19.4 Å². The highest BCUT2D eigenvalue weighted by atomic mass is 32.1. The number of hydrogen-bond donors (Lipinski definition) is 1. The lowest BCUT2D eigenvalue weighted by Gasteiger charge is -2.21. The Morgan fingerprint density at radius 2 is 2.07 bits per heavy atom. The number of furan rings is 1. The van der Waals surface area contributed by atoms with Gasteiger partial charge in [0.05, 0.1) is 26.0 Å². The number of benzene rings is 1. The lowest BCUT2D eigenvalue weighted by Crippen LogP contribution is -2.38. The molecule has 0 radical (unpaired) electrons. The SMILES string of the molecule is CC(C)COc1cccc(CNC(=O)N(Cc2ccco2)Cc2cccs2)c1. The quantitative estimate of drug-likeness (QED) is 0.533. The number of hydrogen-bond acceptors (Lipinski definition) is 4. The smallest absolute Gasteiger partial charge is 0.318 e. The maximum atomic E-state index is 12.8. The van der Waals surface area contributed by atoms with Gasteiger partial charge >= 0.3 is 6.03 Å². The monoisotopic (exact) mass is 398 g/mol. The molecule has 2 heterocycles. The van der Waals surface area contributed by atoms with E-state index in [9.17, 15) is 4.79 Å². The standard InChI is InChI=1S/C22H26N2O3S/c1-17(2)16-27-19-7-3-6-18(12-19)13-23-22(25)24(14-20-8-4-10-26-20)15-21-9-5-11-28-21/h3-12,17H,13-16H2,1-2H3,(H,23,25). The average Bonchev–Trinajstić information content (AvgIpc) is 3.38. The van der Waals surface area contributed by atoms with Gasteiger partial charge in [-0.2, -0.15) is 0 Å². The maximum absolute atomic E-state index is 12.8. The molecule has 0 saturated carbocycles. The summed E-state index contributed by atoms with van der Waals surface area (Å²) in [6.07, 6.45) is 1.62. The Morgan fingerprint density at radius 3 is 2.79 bits per heavy atom. The van der Waals surface area contributed by atoms with E-state index in [0.717, 1.165) is 22.0 Å². The summed E-state index contributed by atoms with van der Waals surface area (Å²) in [5.74, 6) is 2.05. The molecular weight excluding hydrogens is 372 g/mol. The first kappa shape index (κ1) is 20.0. The van der Waals surface area contributed by atoms with Crippen LogP contribution in [-0.4, -0.2) is 17.5 Å². The second kappa shape index (κ2) is 9.99. The van der Waals surface area contributed by atoms with Gasteiger partial charge in [0.25, 0.3) is 0 Å². The van der Waals surface area contributed by atoms with Gasteiger partial charge in [0.1, 0.15) is 11.5 Å². The molecule has 0 bridgehead atoms. The summed E-state index contributed by atoms with van der Waals surface area (Å²) in [6, 6.07) is 15.4. The van der Waals surface area contributed by atoms with Crippen LogP contribution in [0.3, 0.4) is 0 Å². The molecule has 1 aromatic carbocycles. The Hall–Kier alpha value is -2.73. The van der Waals surface area contributed by atoms with E-state index in [1.165, 1.54) is 0 Å². The van der Waals surface area contributed by atoms with Gasteiger partial charge in [-0.1, -0.05) is 32.0 Å². The molecule has 0 saturated heterocycles. The largest absolute Gasteiger partial charge is 0.493 e. The predicted molar refractivity (Wildman–Crippen MR) is 111 cm³/mol. The highest BCUT2D eigenvalue weighted by Gasteiger charge is 2.16. The van der Waals surface area contributed by atoms with Crippen LogP contribution in [0.15, 0.2) is 64.6 Å². The second-order valence-corrected chi connectivity index (χ2v) is 8.06. The fraction of sp³-hybridized carbons (Fsp3) is 0.318. The summed E-state index contributed by atoms with van der Waals surface area (Å²) in [5.41, 5.74) is 1.00. The molecule has 0 spiro atoms. The van der Waals surface area contributed by atoms with Crippen LogP contribution in [0, 0.1) is 5.92 Å². The van der Waals surface area contributed by atoms with Crippen molar-refractivity contribution in [2.45, 2.75) is 33.5 Å². The van der Waals surface area contributed by atoms with E-state index in [4.69, 9.17) is 9.15 Å². The molecule has 5 nitrogen and oxygen atoms in total. The first-order valence-corrected chi connectivity index (χ1v) is 10.3. The van der Waals surface area contributed by atoms with Crippen molar-refractivity contribution < 1.29 is 13.9 Å². The third kappa shape index (κ3) is 6.16. The van der Waals surface area contributed by atoms with Crippen molar-refractivity contribution in [2.24, 2.45) is 5.92 Å². The van der Waals surface area contributed by atoms with Crippen molar-refractivity contribution in [3.05, 3.63) is 76.4 Å². The molecule has 0 atom stereocenters. The molecule has 28 heavy (non-hydrogen) atoms. The van der Waals surface area contributed by atoms with Gasteiger partial charge in [0.15, 0.2) is 0 Å².